The molecule has 0 aliphatic heterocycles. The summed E-state index contributed by atoms with van der Waals surface area (Å²) in [5.41, 5.74) is -0.426. The Morgan fingerprint density at radius 2 is 2.17 bits per heavy atom. The highest BCUT2D eigenvalue weighted by molar-refractivity contribution is 7.17. The van der Waals surface area contributed by atoms with Crippen molar-refractivity contribution in [2.24, 2.45) is 0 Å². The minimum atomic E-state index is -1.32. The first-order valence-electron chi connectivity index (χ1n) is 4.86. The van der Waals surface area contributed by atoms with Crippen LogP contribution < -0.4 is 0 Å². The van der Waals surface area contributed by atoms with E-state index in [1.807, 2.05) is 0 Å². The zero-order valence-electron chi connectivity index (χ0n) is 9.18. The van der Waals surface area contributed by atoms with Crippen molar-refractivity contribution in [3.8, 4) is 10.7 Å². The summed E-state index contributed by atoms with van der Waals surface area (Å²) in [6.07, 6.45) is 1.37. The Morgan fingerprint density at radius 3 is 2.67 bits per heavy atom. The average Bonchev–Trinajstić information content (AvgIpc) is 2.74. The highest BCUT2D eigenvalue weighted by Crippen LogP contribution is 2.28. The van der Waals surface area contributed by atoms with Crippen molar-refractivity contribution in [2.75, 3.05) is 0 Å². The Hall–Kier alpha value is -2.15. The molecule has 0 aliphatic carbocycles. The van der Waals surface area contributed by atoms with Crippen molar-refractivity contribution >= 4 is 23.1 Å². The Balaban J connectivity index is 2.61. The molecule has 0 bridgehead atoms. The summed E-state index contributed by atoms with van der Waals surface area (Å²) in [6.45, 7) is 1.23. The third-order valence-corrected chi connectivity index (χ3v) is 3.27. The molecule has 0 saturated heterocycles. The van der Waals surface area contributed by atoms with E-state index in [9.17, 15) is 14.0 Å². The number of hydrogen-bond donors (Lipinski definition) is 1. The molecule has 0 fully saturated rings. The van der Waals surface area contributed by atoms with E-state index < -0.39 is 17.6 Å². The molecule has 2 heterocycles. The van der Waals surface area contributed by atoms with Crippen LogP contribution >= 0.6 is 11.3 Å². The predicted molar refractivity (Wildman–Crippen MR) is 62.3 cm³/mol. The molecular formula is C11H7FN2O3S. The number of thiazole rings is 1. The van der Waals surface area contributed by atoms with Crippen molar-refractivity contribution in [3.63, 3.8) is 0 Å². The van der Waals surface area contributed by atoms with Crippen molar-refractivity contribution < 1.29 is 19.1 Å². The Kier molecular flexibility index (Phi) is 3.15. The van der Waals surface area contributed by atoms with Gasteiger partial charge < -0.3 is 5.11 Å². The third-order valence-electron chi connectivity index (χ3n) is 2.11. The number of rotatable bonds is 3. The summed E-state index contributed by atoms with van der Waals surface area (Å²) in [5.74, 6) is -2.36. The van der Waals surface area contributed by atoms with E-state index in [0.29, 0.717) is 0 Å². The van der Waals surface area contributed by atoms with Gasteiger partial charge in [0.25, 0.3) is 0 Å². The standard InChI is InChI=1S/C11H7FN2O3S/c1-5(15)9-8(11(16)17)14-10(18-9)7-6(12)3-2-4-13-7/h2-4H,1H3,(H,16,17). The second kappa shape index (κ2) is 4.61. The van der Waals surface area contributed by atoms with Crippen LogP contribution in [0, 0.1) is 5.82 Å². The van der Waals surface area contributed by atoms with E-state index in [1.54, 1.807) is 0 Å². The number of halogens is 1. The number of carbonyl (C=O) groups excluding carboxylic acids is 1. The number of pyridine rings is 1. The lowest BCUT2D eigenvalue weighted by Gasteiger charge is -1.95. The van der Waals surface area contributed by atoms with E-state index in [1.165, 1.54) is 25.3 Å². The van der Waals surface area contributed by atoms with Crippen LogP contribution in [0.3, 0.4) is 0 Å². The monoisotopic (exact) mass is 266 g/mol. The fourth-order valence-electron chi connectivity index (χ4n) is 1.35. The van der Waals surface area contributed by atoms with Gasteiger partial charge in [-0.2, -0.15) is 0 Å². The van der Waals surface area contributed by atoms with Gasteiger partial charge in [-0.25, -0.2) is 14.2 Å². The van der Waals surface area contributed by atoms with Crippen LogP contribution in [0.5, 0.6) is 0 Å². The van der Waals surface area contributed by atoms with Gasteiger partial charge in [-0.3, -0.25) is 9.78 Å². The van der Waals surface area contributed by atoms with Gasteiger partial charge in [0.2, 0.25) is 0 Å². The number of carboxylic acids is 1. The molecule has 7 heteroatoms. The maximum absolute atomic E-state index is 13.5. The molecule has 0 atom stereocenters. The van der Waals surface area contributed by atoms with E-state index >= 15 is 0 Å². The summed E-state index contributed by atoms with van der Waals surface area (Å²) in [6, 6.07) is 2.61. The number of aromatic nitrogens is 2. The fraction of sp³-hybridized carbons (Fsp3) is 0.0909. The van der Waals surface area contributed by atoms with Gasteiger partial charge in [-0.05, 0) is 12.1 Å². The lowest BCUT2D eigenvalue weighted by atomic mass is 10.3. The highest BCUT2D eigenvalue weighted by atomic mass is 32.1. The summed E-state index contributed by atoms with van der Waals surface area (Å²) < 4.78 is 13.5. The van der Waals surface area contributed by atoms with E-state index in [0.717, 1.165) is 11.3 Å². The Morgan fingerprint density at radius 1 is 1.44 bits per heavy atom. The molecule has 5 nitrogen and oxygen atoms in total. The topological polar surface area (TPSA) is 80.2 Å². The van der Waals surface area contributed by atoms with E-state index in [2.05, 4.69) is 9.97 Å². The lowest BCUT2D eigenvalue weighted by molar-refractivity contribution is 0.0687. The van der Waals surface area contributed by atoms with Gasteiger partial charge in [-0.1, -0.05) is 0 Å². The number of carboxylic acid groups (broad SMARTS) is 1. The largest absolute Gasteiger partial charge is 0.476 e. The van der Waals surface area contributed by atoms with Crippen LogP contribution in [0.2, 0.25) is 0 Å². The van der Waals surface area contributed by atoms with Gasteiger partial charge >= 0.3 is 5.97 Å². The van der Waals surface area contributed by atoms with Crippen LogP contribution in [0.25, 0.3) is 10.7 Å². The molecule has 2 rings (SSSR count). The minimum absolute atomic E-state index is 0.0115. The molecule has 2 aromatic heterocycles. The van der Waals surface area contributed by atoms with Crippen LogP contribution in [-0.4, -0.2) is 26.8 Å². The molecule has 1 N–H and O–H groups in total. The number of aromatic carboxylic acids is 1. The molecule has 0 amide bonds. The quantitative estimate of drug-likeness (QED) is 0.862. The summed E-state index contributed by atoms with van der Waals surface area (Å²) in [7, 11) is 0. The van der Waals surface area contributed by atoms with E-state index in [4.69, 9.17) is 5.11 Å². The Labute approximate surface area is 105 Å². The zero-order chi connectivity index (χ0) is 13.3. The summed E-state index contributed by atoms with van der Waals surface area (Å²) >= 11 is 0.819. The second-order valence-corrected chi connectivity index (χ2v) is 4.39. The smallest absolute Gasteiger partial charge is 0.356 e. The van der Waals surface area contributed by atoms with Gasteiger partial charge in [0.15, 0.2) is 17.3 Å². The number of nitrogens with zero attached hydrogens (tertiary/aromatic N) is 2. The molecular weight excluding hydrogens is 259 g/mol. The normalized spacial score (nSPS) is 10.3. The lowest BCUT2D eigenvalue weighted by Crippen LogP contribution is -2.03. The van der Waals surface area contributed by atoms with Gasteiger partial charge in [0.05, 0.1) is 0 Å². The fourth-order valence-corrected chi connectivity index (χ4v) is 2.30. The third kappa shape index (κ3) is 2.12. The van der Waals surface area contributed by atoms with Crippen molar-refractivity contribution in [1.82, 2.24) is 9.97 Å². The van der Waals surface area contributed by atoms with Crippen LogP contribution in [0.1, 0.15) is 27.1 Å². The maximum atomic E-state index is 13.5. The molecule has 92 valence electrons. The zero-order valence-corrected chi connectivity index (χ0v) is 9.99. The van der Waals surface area contributed by atoms with Crippen molar-refractivity contribution in [1.29, 1.82) is 0 Å². The first-order valence-corrected chi connectivity index (χ1v) is 5.68. The second-order valence-electron chi connectivity index (χ2n) is 3.39. The Bertz CT molecular complexity index is 607. The maximum Gasteiger partial charge on any atom is 0.356 e. The molecule has 0 radical (unpaired) electrons. The molecule has 18 heavy (non-hydrogen) atoms. The van der Waals surface area contributed by atoms with Gasteiger partial charge in [0, 0.05) is 13.1 Å². The molecule has 2 aromatic rings. The number of hydrogen-bond acceptors (Lipinski definition) is 5. The number of ketones is 1. The number of carbonyl (C=O) groups is 2. The van der Waals surface area contributed by atoms with Crippen LogP contribution in [0.15, 0.2) is 18.3 Å². The van der Waals surface area contributed by atoms with Crippen molar-refractivity contribution in [3.05, 3.63) is 34.7 Å². The highest BCUT2D eigenvalue weighted by Gasteiger charge is 2.22. The first-order chi connectivity index (χ1) is 8.50. The summed E-state index contributed by atoms with van der Waals surface area (Å²) in [5, 5.41) is 9.00. The molecule has 0 unspecified atom stereocenters. The number of Topliss-reactive ketones (excluding diaryl/α,β-unsaturated/α-hetero) is 1. The van der Waals surface area contributed by atoms with E-state index in [-0.39, 0.29) is 21.3 Å². The molecule has 0 saturated carbocycles. The molecule has 0 aromatic carbocycles. The SMILES string of the molecule is CC(=O)c1sc(-c2ncccc2F)nc1C(=O)O. The average molecular weight is 266 g/mol. The predicted octanol–water partition coefficient (Wildman–Crippen LogP) is 2.25. The van der Waals surface area contributed by atoms with Crippen LogP contribution in [-0.2, 0) is 0 Å². The molecule has 0 spiro atoms. The minimum Gasteiger partial charge on any atom is -0.476 e. The van der Waals surface area contributed by atoms with Crippen LogP contribution in [0.4, 0.5) is 4.39 Å². The summed E-state index contributed by atoms with van der Waals surface area (Å²) in [4.78, 5) is 29.8. The van der Waals surface area contributed by atoms with Gasteiger partial charge in [0.1, 0.15) is 15.6 Å². The van der Waals surface area contributed by atoms with Gasteiger partial charge in [-0.15, -0.1) is 11.3 Å². The van der Waals surface area contributed by atoms with Crippen molar-refractivity contribution in [2.45, 2.75) is 6.92 Å². The molecule has 0 aliphatic rings. The first kappa shape index (κ1) is 12.3.